The van der Waals surface area contributed by atoms with Crippen molar-refractivity contribution in [1.29, 1.82) is 0 Å². The van der Waals surface area contributed by atoms with E-state index in [4.69, 9.17) is 9.97 Å². The van der Waals surface area contributed by atoms with E-state index in [9.17, 15) is 0 Å². The first-order chi connectivity index (χ1) is 14.5. The summed E-state index contributed by atoms with van der Waals surface area (Å²) in [6, 6.07) is 14.4. The topological polar surface area (TPSA) is 60.4 Å². The second-order valence-corrected chi connectivity index (χ2v) is 7.91. The normalized spacial score (nSPS) is 14.0. The van der Waals surface area contributed by atoms with Crippen molar-refractivity contribution in [3.05, 3.63) is 59.8 Å². The molecule has 7 nitrogen and oxygen atoms in total. The van der Waals surface area contributed by atoms with Gasteiger partial charge in [0.2, 0.25) is 5.95 Å². The van der Waals surface area contributed by atoms with Gasteiger partial charge in [-0.15, -0.1) is 0 Å². The molecule has 1 aliphatic rings. The van der Waals surface area contributed by atoms with E-state index in [-0.39, 0.29) is 0 Å². The van der Waals surface area contributed by atoms with Crippen LogP contribution in [0.3, 0.4) is 0 Å². The van der Waals surface area contributed by atoms with Gasteiger partial charge in [0.1, 0.15) is 17.5 Å². The van der Waals surface area contributed by atoms with E-state index in [1.807, 2.05) is 43.4 Å². The van der Waals surface area contributed by atoms with E-state index in [1.54, 1.807) is 0 Å². The van der Waals surface area contributed by atoms with Crippen molar-refractivity contribution in [2.24, 2.45) is 0 Å². The average Bonchev–Trinajstić information content (AvgIpc) is 2.77. The van der Waals surface area contributed by atoms with Crippen LogP contribution in [0.15, 0.2) is 48.7 Å². The Morgan fingerprint density at radius 3 is 2.37 bits per heavy atom. The van der Waals surface area contributed by atoms with Crippen LogP contribution >= 0.6 is 0 Å². The number of nitrogens with one attached hydrogen (secondary N) is 1. The number of hydrogen-bond donors (Lipinski definition) is 1. The Morgan fingerprint density at radius 1 is 0.900 bits per heavy atom. The zero-order chi connectivity index (χ0) is 21.1. The van der Waals surface area contributed by atoms with Gasteiger partial charge in [0.05, 0.1) is 0 Å². The fourth-order valence-corrected chi connectivity index (χ4v) is 3.54. The molecule has 156 valence electrons. The summed E-state index contributed by atoms with van der Waals surface area (Å²) in [5.74, 6) is 3.48. The van der Waals surface area contributed by atoms with Crippen LogP contribution in [-0.2, 0) is 0 Å². The molecule has 7 heteroatoms. The molecular formula is C23H29N7. The Hall–Kier alpha value is -3.35. The van der Waals surface area contributed by atoms with Crippen LogP contribution in [0.25, 0.3) is 0 Å². The van der Waals surface area contributed by atoms with Crippen LogP contribution in [0.5, 0.6) is 0 Å². The van der Waals surface area contributed by atoms with Crippen LogP contribution in [0, 0.1) is 13.8 Å². The Kier molecular flexibility index (Phi) is 5.70. The Labute approximate surface area is 178 Å². The quantitative estimate of drug-likeness (QED) is 0.698. The molecule has 1 aliphatic heterocycles. The smallest absolute Gasteiger partial charge is 0.229 e. The minimum Gasteiger partial charge on any atom is -0.363 e. The zero-order valence-electron chi connectivity index (χ0n) is 18.1. The summed E-state index contributed by atoms with van der Waals surface area (Å²) in [6.45, 7) is 7.71. The van der Waals surface area contributed by atoms with E-state index in [0.717, 1.165) is 55.3 Å². The highest BCUT2D eigenvalue weighted by molar-refractivity contribution is 5.65. The van der Waals surface area contributed by atoms with E-state index >= 15 is 0 Å². The van der Waals surface area contributed by atoms with Crippen LogP contribution < -0.4 is 20.0 Å². The molecule has 3 aromatic rings. The predicted molar refractivity (Wildman–Crippen MR) is 124 cm³/mol. The van der Waals surface area contributed by atoms with Gasteiger partial charge >= 0.3 is 0 Å². The maximum Gasteiger partial charge on any atom is 0.229 e. The van der Waals surface area contributed by atoms with Gasteiger partial charge in [-0.05, 0) is 43.2 Å². The van der Waals surface area contributed by atoms with Crippen LogP contribution in [0.1, 0.15) is 11.1 Å². The number of pyridine rings is 1. The van der Waals surface area contributed by atoms with Gasteiger partial charge in [-0.3, -0.25) is 0 Å². The lowest BCUT2D eigenvalue weighted by molar-refractivity contribution is 0.635. The lowest BCUT2D eigenvalue weighted by atomic mass is 10.1. The first-order valence-corrected chi connectivity index (χ1v) is 10.3. The Bertz CT molecular complexity index is 996. The highest BCUT2D eigenvalue weighted by atomic mass is 15.3. The van der Waals surface area contributed by atoms with Gasteiger partial charge in [-0.2, -0.15) is 9.97 Å². The van der Waals surface area contributed by atoms with Gasteiger partial charge in [-0.25, -0.2) is 4.98 Å². The molecule has 0 atom stereocenters. The summed E-state index contributed by atoms with van der Waals surface area (Å²) < 4.78 is 0. The number of aromatic nitrogens is 3. The van der Waals surface area contributed by atoms with Crippen LogP contribution in [-0.4, -0.2) is 55.2 Å². The zero-order valence-corrected chi connectivity index (χ0v) is 18.1. The van der Waals surface area contributed by atoms with Crippen molar-refractivity contribution in [3.8, 4) is 0 Å². The molecule has 1 saturated heterocycles. The van der Waals surface area contributed by atoms with E-state index < -0.39 is 0 Å². The second kappa shape index (κ2) is 8.57. The largest absolute Gasteiger partial charge is 0.363 e. The van der Waals surface area contributed by atoms with Crippen molar-refractivity contribution >= 4 is 29.1 Å². The highest BCUT2D eigenvalue weighted by Crippen LogP contribution is 2.26. The third-order valence-corrected chi connectivity index (χ3v) is 5.35. The van der Waals surface area contributed by atoms with Gasteiger partial charge < -0.3 is 20.0 Å². The van der Waals surface area contributed by atoms with Gasteiger partial charge in [-0.1, -0.05) is 18.2 Å². The summed E-state index contributed by atoms with van der Waals surface area (Å²) in [7, 11) is 4.01. The van der Waals surface area contributed by atoms with Crippen molar-refractivity contribution < 1.29 is 0 Å². The molecule has 0 bridgehead atoms. The Morgan fingerprint density at radius 2 is 1.67 bits per heavy atom. The third-order valence-electron chi connectivity index (χ3n) is 5.35. The van der Waals surface area contributed by atoms with Crippen molar-refractivity contribution in [2.75, 3.05) is 60.3 Å². The molecular weight excluding hydrogens is 374 g/mol. The number of nitrogens with zero attached hydrogens (tertiary/aromatic N) is 6. The monoisotopic (exact) mass is 403 g/mol. The molecule has 0 spiro atoms. The molecule has 4 rings (SSSR count). The molecule has 1 aromatic carbocycles. The molecule has 0 aliphatic carbocycles. The van der Waals surface area contributed by atoms with E-state index in [0.29, 0.717) is 0 Å². The summed E-state index contributed by atoms with van der Waals surface area (Å²) in [5.41, 5.74) is 3.48. The summed E-state index contributed by atoms with van der Waals surface area (Å²) in [4.78, 5) is 20.7. The van der Waals surface area contributed by atoms with Crippen LogP contribution in [0.4, 0.5) is 29.1 Å². The molecule has 0 radical (unpaired) electrons. The summed E-state index contributed by atoms with van der Waals surface area (Å²) >= 11 is 0. The number of piperazine rings is 1. The second-order valence-electron chi connectivity index (χ2n) is 7.91. The maximum atomic E-state index is 4.85. The fraction of sp³-hybridized carbons (Fsp3) is 0.348. The number of aryl methyl sites for hydroxylation is 2. The first-order valence-electron chi connectivity index (χ1n) is 10.3. The third kappa shape index (κ3) is 4.45. The summed E-state index contributed by atoms with van der Waals surface area (Å²) in [6.07, 6.45) is 1.84. The number of rotatable bonds is 5. The molecule has 0 saturated carbocycles. The lowest BCUT2D eigenvalue weighted by Crippen LogP contribution is -2.47. The predicted octanol–water partition coefficient (Wildman–Crippen LogP) is 3.62. The van der Waals surface area contributed by atoms with Crippen molar-refractivity contribution in [3.63, 3.8) is 0 Å². The Balaban J connectivity index is 1.55. The van der Waals surface area contributed by atoms with E-state index in [2.05, 4.69) is 58.2 Å². The van der Waals surface area contributed by atoms with Crippen molar-refractivity contribution in [1.82, 2.24) is 15.0 Å². The van der Waals surface area contributed by atoms with Gasteiger partial charge in [0, 0.05) is 58.2 Å². The van der Waals surface area contributed by atoms with E-state index in [1.165, 1.54) is 11.1 Å². The number of anilines is 5. The maximum absolute atomic E-state index is 4.85. The minimum absolute atomic E-state index is 0.759. The van der Waals surface area contributed by atoms with Gasteiger partial charge in [0.25, 0.3) is 0 Å². The molecule has 3 heterocycles. The van der Waals surface area contributed by atoms with Crippen molar-refractivity contribution in [2.45, 2.75) is 13.8 Å². The minimum atomic E-state index is 0.759. The molecule has 30 heavy (non-hydrogen) atoms. The molecule has 0 amide bonds. The standard InChI is InChI=1S/C23H29N7/c1-17-8-9-18(2)19(15-17)25-20-16-22(28(3)4)27-23(26-20)30-13-11-29(12-14-30)21-7-5-6-10-24-21/h5-10,15-16H,11-14H2,1-4H3,(H,25,26,27). The number of benzene rings is 1. The van der Waals surface area contributed by atoms with Gasteiger partial charge in [0.15, 0.2) is 0 Å². The number of hydrogen-bond acceptors (Lipinski definition) is 7. The fourth-order valence-electron chi connectivity index (χ4n) is 3.54. The molecule has 1 N–H and O–H groups in total. The molecule has 1 fully saturated rings. The average molecular weight is 404 g/mol. The molecule has 2 aromatic heterocycles. The highest BCUT2D eigenvalue weighted by Gasteiger charge is 2.21. The first kappa shape index (κ1) is 19.9. The lowest BCUT2D eigenvalue weighted by Gasteiger charge is -2.35. The summed E-state index contributed by atoms with van der Waals surface area (Å²) in [5, 5.41) is 3.50. The molecule has 0 unspecified atom stereocenters. The SMILES string of the molecule is Cc1ccc(C)c(Nc2cc(N(C)C)nc(N3CCN(c4ccccn4)CC3)n2)c1. The van der Waals surface area contributed by atoms with Crippen LogP contribution in [0.2, 0.25) is 0 Å².